The molecule has 0 aliphatic heterocycles. The fourth-order valence-corrected chi connectivity index (χ4v) is 1.49. The van der Waals surface area contributed by atoms with Gasteiger partial charge in [0, 0.05) is 16.9 Å². The summed E-state index contributed by atoms with van der Waals surface area (Å²) >= 11 is 4.86. The fraction of sp³-hybridized carbons (Fsp3) is 0.400. The third-order valence-electron chi connectivity index (χ3n) is 0.867. The molecule has 0 saturated carbocycles. The molecule has 0 radical (unpaired) electrons. The molecule has 0 N–H and O–H groups in total. The maximum atomic E-state index is 3.96. The molecule has 0 aromatic carbocycles. The summed E-state index contributed by atoms with van der Waals surface area (Å²) in [7, 11) is 0. The van der Waals surface area contributed by atoms with Crippen LogP contribution in [0.2, 0.25) is 0 Å². The van der Waals surface area contributed by atoms with Crippen LogP contribution in [0.15, 0.2) is 11.6 Å². The number of hydrogen-bond acceptors (Lipinski definition) is 2. The van der Waals surface area contributed by atoms with Crippen LogP contribution in [0.25, 0.3) is 0 Å². The van der Waals surface area contributed by atoms with Gasteiger partial charge in [-0.1, -0.05) is 15.9 Å². The van der Waals surface area contributed by atoms with Gasteiger partial charge < -0.3 is 0 Å². The number of nitrogens with zero attached hydrogens (tertiary/aromatic N) is 1. The molecule has 1 aromatic heterocycles. The zero-order valence-electron chi connectivity index (χ0n) is 4.30. The first-order chi connectivity index (χ1) is 3.93. The highest BCUT2D eigenvalue weighted by Crippen LogP contribution is 2.03. The molecule has 0 bridgehead atoms. The lowest BCUT2D eigenvalue weighted by molar-refractivity contribution is 1.17. The van der Waals surface area contributed by atoms with Crippen molar-refractivity contribution in [2.24, 2.45) is 0 Å². The third kappa shape index (κ3) is 1.56. The zero-order chi connectivity index (χ0) is 5.82. The van der Waals surface area contributed by atoms with E-state index < -0.39 is 0 Å². The summed E-state index contributed by atoms with van der Waals surface area (Å²) in [6, 6.07) is 0. The maximum Gasteiger partial charge on any atom is 0.0439 e. The second kappa shape index (κ2) is 3.20. The summed E-state index contributed by atoms with van der Waals surface area (Å²) < 4.78 is 3.96. The van der Waals surface area contributed by atoms with E-state index in [1.165, 1.54) is 17.1 Å². The average Bonchev–Trinajstić information content (AvgIpc) is 2.19. The number of hydrogen-bond donors (Lipinski definition) is 0. The normalized spacial score (nSPS) is 9.62. The highest BCUT2D eigenvalue weighted by Gasteiger charge is 1.88. The molecule has 1 aromatic rings. The Morgan fingerprint density at radius 2 is 2.62 bits per heavy atom. The topological polar surface area (TPSA) is 12.9 Å². The van der Waals surface area contributed by atoms with Crippen LogP contribution < -0.4 is 0 Å². The number of alkyl halides is 1. The Kier molecular flexibility index (Phi) is 2.49. The molecule has 1 rings (SSSR count). The van der Waals surface area contributed by atoms with E-state index in [1.54, 1.807) is 0 Å². The van der Waals surface area contributed by atoms with Crippen molar-refractivity contribution in [3.05, 3.63) is 17.1 Å². The van der Waals surface area contributed by atoms with Gasteiger partial charge in [0.1, 0.15) is 0 Å². The number of halogens is 1. The van der Waals surface area contributed by atoms with E-state index in [9.17, 15) is 0 Å². The smallest absolute Gasteiger partial charge is 0.0439 e. The Balaban J connectivity index is 2.50. The van der Waals surface area contributed by atoms with Crippen molar-refractivity contribution >= 4 is 27.5 Å². The first kappa shape index (κ1) is 6.23. The van der Waals surface area contributed by atoms with E-state index in [2.05, 4.69) is 25.7 Å². The molecule has 0 unspecified atom stereocenters. The van der Waals surface area contributed by atoms with Crippen molar-refractivity contribution in [1.82, 2.24) is 4.37 Å². The van der Waals surface area contributed by atoms with Gasteiger partial charge in [0.05, 0.1) is 0 Å². The monoisotopic (exact) mass is 191 g/mol. The molecule has 1 heterocycles. The Hall–Kier alpha value is 0.110. The van der Waals surface area contributed by atoms with Gasteiger partial charge in [0.25, 0.3) is 0 Å². The van der Waals surface area contributed by atoms with Crippen LogP contribution >= 0.6 is 27.5 Å². The summed E-state index contributed by atoms with van der Waals surface area (Å²) in [5.41, 5.74) is 1.33. The van der Waals surface area contributed by atoms with Crippen molar-refractivity contribution in [3.8, 4) is 0 Å². The SMILES string of the molecule is BrCCc1cnsc1. The third-order valence-corrected chi connectivity index (χ3v) is 1.90. The van der Waals surface area contributed by atoms with Crippen molar-refractivity contribution in [3.63, 3.8) is 0 Å². The van der Waals surface area contributed by atoms with Gasteiger partial charge in [0.15, 0.2) is 0 Å². The summed E-state index contributed by atoms with van der Waals surface area (Å²) in [6.45, 7) is 0. The van der Waals surface area contributed by atoms with Crippen LogP contribution in [0.3, 0.4) is 0 Å². The molecule has 0 saturated heterocycles. The van der Waals surface area contributed by atoms with Crippen LogP contribution in [0.1, 0.15) is 5.56 Å². The van der Waals surface area contributed by atoms with Crippen molar-refractivity contribution in [2.75, 3.05) is 5.33 Å². The van der Waals surface area contributed by atoms with E-state index in [1.807, 2.05) is 6.20 Å². The van der Waals surface area contributed by atoms with Crippen LogP contribution in [0.5, 0.6) is 0 Å². The van der Waals surface area contributed by atoms with Crippen molar-refractivity contribution in [1.29, 1.82) is 0 Å². The first-order valence-corrected chi connectivity index (χ1v) is 4.33. The summed E-state index contributed by atoms with van der Waals surface area (Å²) in [5.74, 6) is 0. The van der Waals surface area contributed by atoms with Gasteiger partial charge >= 0.3 is 0 Å². The molecule has 0 fully saturated rings. The quantitative estimate of drug-likeness (QED) is 0.653. The summed E-state index contributed by atoms with van der Waals surface area (Å²) in [4.78, 5) is 0. The van der Waals surface area contributed by atoms with Gasteiger partial charge in [-0.2, -0.15) is 0 Å². The Bertz CT molecular complexity index is 138. The lowest BCUT2D eigenvalue weighted by Gasteiger charge is -1.83. The average molecular weight is 192 g/mol. The fourth-order valence-electron chi connectivity index (χ4n) is 0.459. The molecule has 0 spiro atoms. The predicted octanol–water partition coefficient (Wildman–Crippen LogP) is 2.08. The first-order valence-electron chi connectivity index (χ1n) is 2.37. The summed E-state index contributed by atoms with van der Waals surface area (Å²) in [6.07, 6.45) is 3.00. The standard InChI is InChI=1S/C5H6BrNS/c6-2-1-5-3-7-8-4-5/h3-4H,1-2H2. The molecule has 0 aliphatic carbocycles. The molecular weight excluding hydrogens is 186 g/mol. The minimum absolute atomic E-state index is 1.03. The van der Waals surface area contributed by atoms with E-state index in [4.69, 9.17) is 0 Å². The van der Waals surface area contributed by atoms with E-state index >= 15 is 0 Å². The highest BCUT2D eigenvalue weighted by molar-refractivity contribution is 9.09. The lowest BCUT2D eigenvalue weighted by atomic mass is 10.3. The molecule has 0 amide bonds. The Morgan fingerprint density at radius 3 is 3.12 bits per heavy atom. The maximum absolute atomic E-state index is 3.96. The van der Waals surface area contributed by atoms with Crippen molar-refractivity contribution < 1.29 is 0 Å². The second-order valence-electron chi connectivity index (χ2n) is 1.47. The second-order valence-corrected chi connectivity index (χ2v) is 2.92. The number of aryl methyl sites for hydroxylation is 1. The predicted molar refractivity (Wildman–Crippen MR) is 39.6 cm³/mol. The van der Waals surface area contributed by atoms with Crippen LogP contribution in [0.4, 0.5) is 0 Å². The van der Waals surface area contributed by atoms with Gasteiger partial charge in [-0.05, 0) is 23.5 Å². The molecule has 44 valence electrons. The lowest BCUT2D eigenvalue weighted by Crippen LogP contribution is -1.78. The number of aromatic nitrogens is 1. The largest absolute Gasteiger partial charge is 0.201 e. The summed E-state index contributed by atoms with van der Waals surface area (Å²) in [5, 5.41) is 3.10. The zero-order valence-corrected chi connectivity index (χ0v) is 6.70. The van der Waals surface area contributed by atoms with Gasteiger partial charge in [0.2, 0.25) is 0 Å². The van der Waals surface area contributed by atoms with Crippen LogP contribution in [-0.4, -0.2) is 9.70 Å². The molecule has 3 heteroatoms. The minimum atomic E-state index is 1.03. The molecule has 0 aliphatic rings. The Morgan fingerprint density at radius 1 is 1.75 bits per heavy atom. The minimum Gasteiger partial charge on any atom is -0.201 e. The molecule has 1 nitrogen and oxygen atoms in total. The van der Waals surface area contributed by atoms with Gasteiger partial charge in [-0.25, -0.2) is 4.37 Å². The number of rotatable bonds is 2. The highest BCUT2D eigenvalue weighted by atomic mass is 79.9. The van der Waals surface area contributed by atoms with Crippen molar-refractivity contribution in [2.45, 2.75) is 6.42 Å². The van der Waals surface area contributed by atoms with Crippen LogP contribution in [-0.2, 0) is 6.42 Å². The van der Waals surface area contributed by atoms with Crippen LogP contribution in [0, 0.1) is 0 Å². The van der Waals surface area contributed by atoms with E-state index in [-0.39, 0.29) is 0 Å². The molecule has 0 atom stereocenters. The van der Waals surface area contributed by atoms with E-state index in [0.717, 1.165) is 11.8 Å². The molecular formula is C5H6BrNS. The Labute approximate surface area is 61.0 Å². The van der Waals surface area contributed by atoms with Gasteiger partial charge in [-0.3, -0.25) is 0 Å². The van der Waals surface area contributed by atoms with E-state index in [0.29, 0.717) is 0 Å². The van der Waals surface area contributed by atoms with Gasteiger partial charge in [-0.15, -0.1) is 0 Å². The molecule has 8 heavy (non-hydrogen) atoms.